The summed E-state index contributed by atoms with van der Waals surface area (Å²) in [5.74, 6) is 0. The summed E-state index contributed by atoms with van der Waals surface area (Å²) in [5, 5.41) is 3.78. The van der Waals surface area contributed by atoms with Crippen LogP contribution in [0.3, 0.4) is 0 Å². The summed E-state index contributed by atoms with van der Waals surface area (Å²) in [4.78, 5) is 4.15. The van der Waals surface area contributed by atoms with Gasteiger partial charge in [-0.25, -0.2) is 4.98 Å². The molecule has 11 heteroatoms. The van der Waals surface area contributed by atoms with Crippen molar-refractivity contribution in [3.05, 3.63) is 18.7 Å². The minimum Gasteiger partial charge on any atom is -0.374 e. The highest BCUT2D eigenvalue weighted by Gasteiger charge is 2.41. The molecule has 1 rings (SSSR count). The van der Waals surface area contributed by atoms with Crippen LogP contribution in [-0.2, 0) is 33.1 Å². The van der Waals surface area contributed by atoms with E-state index in [9.17, 15) is 0 Å². The number of hydrogen-bond acceptors (Lipinski definition) is 8. The molecule has 206 valence electrons. The third kappa shape index (κ3) is 12.9. The van der Waals surface area contributed by atoms with Crippen LogP contribution in [0.25, 0.3) is 0 Å². The van der Waals surface area contributed by atoms with Crippen LogP contribution in [0, 0.1) is 0 Å². The van der Waals surface area contributed by atoms with E-state index in [0.29, 0.717) is 45.7 Å². The zero-order valence-corrected chi connectivity index (χ0v) is 25.1. The molecule has 1 aromatic rings. The second kappa shape index (κ2) is 19.5. The molecule has 0 spiro atoms. The number of imidazole rings is 1. The van der Waals surface area contributed by atoms with Crippen LogP contribution in [0.5, 0.6) is 0 Å². The molecule has 35 heavy (non-hydrogen) atoms. The molecule has 0 aliphatic carbocycles. The summed E-state index contributed by atoms with van der Waals surface area (Å²) < 4.78 is 38.4. The molecule has 1 atom stereocenters. The SMILES string of the molecule is CCO[Si](CCCNC(CCCn1ccnc1)CC[Si](OCC)(OCC)OCC)(OCC)OCC. The van der Waals surface area contributed by atoms with Gasteiger partial charge in [0.15, 0.2) is 0 Å². The van der Waals surface area contributed by atoms with Crippen molar-refractivity contribution in [3.8, 4) is 0 Å². The molecule has 0 bridgehead atoms. The van der Waals surface area contributed by atoms with Gasteiger partial charge in [0.05, 0.1) is 6.33 Å². The maximum absolute atomic E-state index is 6.09. The lowest BCUT2D eigenvalue weighted by atomic mass is 10.1. The van der Waals surface area contributed by atoms with Crippen molar-refractivity contribution >= 4 is 17.6 Å². The first-order chi connectivity index (χ1) is 17.0. The molecule has 1 unspecified atom stereocenters. The van der Waals surface area contributed by atoms with E-state index in [1.807, 2.05) is 60.3 Å². The summed E-state index contributed by atoms with van der Waals surface area (Å²) in [7, 11) is -5.28. The second-order valence-corrected chi connectivity index (χ2v) is 13.7. The molecule has 0 radical (unpaired) electrons. The largest absolute Gasteiger partial charge is 0.500 e. The number of aromatic nitrogens is 2. The van der Waals surface area contributed by atoms with Gasteiger partial charge in [0.2, 0.25) is 0 Å². The molecule has 1 aromatic heterocycles. The fourth-order valence-corrected chi connectivity index (χ4v) is 9.57. The molecular formula is C24H51N3O6Si2. The van der Waals surface area contributed by atoms with Crippen molar-refractivity contribution in [2.45, 2.75) is 91.9 Å². The van der Waals surface area contributed by atoms with E-state index in [-0.39, 0.29) is 0 Å². The first kappa shape index (κ1) is 32.4. The van der Waals surface area contributed by atoms with Crippen LogP contribution >= 0.6 is 0 Å². The smallest absolute Gasteiger partial charge is 0.374 e. The van der Waals surface area contributed by atoms with E-state index in [0.717, 1.165) is 50.9 Å². The van der Waals surface area contributed by atoms with Gasteiger partial charge in [-0.2, -0.15) is 0 Å². The Balaban J connectivity index is 2.73. The lowest BCUT2D eigenvalue weighted by Gasteiger charge is -2.30. The van der Waals surface area contributed by atoms with E-state index < -0.39 is 17.6 Å². The Labute approximate surface area is 215 Å². The van der Waals surface area contributed by atoms with E-state index in [4.69, 9.17) is 26.6 Å². The standard InChI is InChI=1S/C24H51N3O6Si2/c1-7-28-34(29-8-2,30-9-3)21-14-17-26-24(15-13-19-27-20-18-25-23-27)16-22-35(31-10-4,32-11-5)33-12-6/h18,20,23-24,26H,7-17,19,21-22H2,1-6H3. The molecule has 9 nitrogen and oxygen atoms in total. The Bertz CT molecular complexity index is 578. The Kier molecular flexibility index (Phi) is 18.0. The third-order valence-corrected chi connectivity index (χ3v) is 11.8. The van der Waals surface area contributed by atoms with Gasteiger partial charge in [0.1, 0.15) is 0 Å². The average molecular weight is 534 g/mol. The van der Waals surface area contributed by atoms with Crippen LogP contribution < -0.4 is 5.32 Å². The van der Waals surface area contributed by atoms with Crippen molar-refractivity contribution < 1.29 is 26.6 Å². The minimum absolute atomic E-state index is 0.342. The Morgan fingerprint density at radius 3 is 1.69 bits per heavy atom. The van der Waals surface area contributed by atoms with Crippen LogP contribution in [0.1, 0.15) is 67.2 Å². The predicted molar refractivity (Wildman–Crippen MR) is 143 cm³/mol. The number of aryl methyl sites for hydroxylation is 1. The zero-order valence-electron chi connectivity index (χ0n) is 23.1. The lowest BCUT2D eigenvalue weighted by molar-refractivity contribution is 0.0699. The number of hydrogen-bond donors (Lipinski definition) is 1. The molecular weight excluding hydrogens is 482 g/mol. The Morgan fingerprint density at radius 2 is 1.23 bits per heavy atom. The molecule has 1 heterocycles. The van der Waals surface area contributed by atoms with Gasteiger partial charge in [-0.05, 0) is 73.8 Å². The third-order valence-electron chi connectivity index (χ3n) is 5.61. The first-order valence-corrected chi connectivity index (χ1v) is 17.4. The van der Waals surface area contributed by atoms with E-state index in [1.54, 1.807) is 0 Å². The van der Waals surface area contributed by atoms with E-state index in [2.05, 4.69) is 14.9 Å². The number of rotatable bonds is 24. The van der Waals surface area contributed by atoms with Crippen molar-refractivity contribution in [1.29, 1.82) is 0 Å². The Morgan fingerprint density at radius 1 is 0.714 bits per heavy atom. The maximum atomic E-state index is 6.09. The highest BCUT2D eigenvalue weighted by Crippen LogP contribution is 2.22. The molecule has 0 saturated carbocycles. The fraction of sp³-hybridized carbons (Fsp3) is 0.875. The van der Waals surface area contributed by atoms with Gasteiger partial charge in [0, 0.05) is 76.7 Å². The van der Waals surface area contributed by atoms with Gasteiger partial charge < -0.3 is 36.4 Å². The van der Waals surface area contributed by atoms with E-state index >= 15 is 0 Å². The zero-order chi connectivity index (χ0) is 25.8. The summed E-state index contributed by atoms with van der Waals surface area (Å²) in [6, 6.07) is 1.96. The number of nitrogens with one attached hydrogen (secondary N) is 1. The second-order valence-electron chi connectivity index (χ2n) is 8.20. The highest BCUT2D eigenvalue weighted by atomic mass is 28.4. The number of nitrogens with zero attached hydrogens (tertiary/aromatic N) is 2. The topological polar surface area (TPSA) is 85.2 Å². The van der Waals surface area contributed by atoms with Crippen molar-refractivity contribution in [3.63, 3.8) is 0 Å². The maximum Gasteiger partial charge on any atom is 0.500 e. The predicted octanol–water partition coefficient (Wildman–Crippen LogP) is 4.50. The van der Waals surface area contributed by atoms with Gasteiger partial charge in [-0.1, -0.05) is 0 Å². The van der Waals surface area contributed by atoms with Gasteiger partial charge in [-0.15, -0.1) is 0 Å². The van der Waals surface area contributed by atoms with E-state index in [1.165, 1.54) is 0 Å². The summed E-state index contributed by atoms with van der Waals surface area (Å²) in [6.45, 7) is 17.5. The fourth-order valence-electron chi connectivity index (χ4n) is 4.25. The minimum atomic E-state index is -2.67. The Hall–Kier alpha value is -0.636. The van der Waals surface area contributed by atoms with Gasteiger partial charge in [0.25, 0.3) is 0 Å². The molecule has 1 N–H and O–H groups in total. The van der Waals surface area contributed by atoms with Crippen molar-refractivity contribution in [2.75, 3.05) is 46.2 Å². The summed E-state index contributed by atoms with van der Waals surface area (Å²) in [6.07, 6.45) is 9.72. The van der Waals surface area contributed by atoms with Gasteiger partial charge in [-0.3, -0.25) is 0 Å². The normalized spacial score (nSPS) is 13.4. The highest BCUT2D eigenvalue weighted by molar-refractivity contribution is 6.61. The summed E-state index contributed by atoms with van der Waals surface area (Å²) >= 11 is 0. The van der Waals surface area contributed by atoms with Crippen molar-refractivity contribution in [1.82, 2.24) is 14.9 Å². The quantitative estimate of drug-likeness (QED) is 0.154. The molecule has 0 fully saturated rings. The van der Waals surface area contributed by atoms with Crippen LogP contribution in [0.2, 0.25) is 12.1 Å². The van der Waals surface area contributed by atoms with Crippen LogP contribution in [0.4, 0.5) is 0 Å². The van der Waals surface area contributed by atoms with Crippen LogP contribution in [0.15, 0.2) is 18.7 Å². The van der Waals surface area contributed by atoms with Crippen molar-refractivity contribution in [2.24, 2.45) is 0 Å². The van der Waals surface area contributed by atoms with Crippen LogP contribution in [-0.4, -0.2) is 79.4 Å². The molecule has 0 saturated heterocycles. The molecule has 0 aliphatic heterocycles. The summed E-state index contributed by atoms with van der Waals surface area (Å²) in [5.41, 5.74) is 0. The lowest BCUT2D eigenvalue weighted by Crippen LogP contribution is -2.47. The average Bonchev–Trinajstić information content (AvgIpc) is 3.34. The molecule has 0 aromatic carbocycles. The molecule has 0 aliphatic rings. The monoisotopic (exact) mass is 533 g/mol. The first-order valence-electron chi connectivity index (χ1n) is 13.5. The molecule has 0 amide bonds. The van der Waals surface area contributed by atoms with Gasteiger partial charge >= 0.3 is 17.6 Å².